The third-order valence-corrected chi connectivity index (χ3v) is 5.06. The maximum Gasteiger partial charge on any atom is 0.234 e. The van der Waals surface area contributed by atoms with E-state index in [4.69, 9.17) is 5.11 Å². The number of piperazine rings is 1. The van der Waals surface area contributed by atoms with Gasteiger partial charge in [-0.05, 0) is 30.7 Å². The SMILES string of the molecule is O=C(CN1CCN(Cc2ccccc2)CC1)NC(CCO)C1CC1. The molecule has 2 N–H and O–H groups in total. The summed E-state index contributed by atoms with van der Waals surface area (Å²) in [5.74, 6) is 0.695. The topological polar surface area (TPSA) is 55.8 Å². The van der Waals surface area contributed by atoms with Crippen molar-refractivity contribution in [3.05, 3.63) is 35.9 Å². The van der Waals surface area contributed by atoms with Crippen molar-refractivity contribution in [1.29, 1.82) is 0 Å². The number of hydrogen-bond donors (Lipinski definition) is 2. The van der Waals surface area contributed by atoms with E-state index in [1.807, 2.05) is 6.07 Å². The first-order chi connectivity index (χ1) is 11.7. The first kappa shape index (κ1) is 17.4. The van der Waals surface area contributed by atoms with Gasteiger partial charge in [-0.2, -0.15) is 0 Å². The molecule has 2 aliphatic rings. The van der Waals surface area contributed by atoms with Gasteiger partial charge in [0.25, 0.3) is 0 Å². The van der Waals surface area contributed by atoms with Crippen molar-refractivity contribution >= 4 is 5.91 Å². The van der Waals surface area contributed by atoms with E-state index in [1.54, 1.807) is 0 Å². The minimum Gasteiger partial charge on any atom is -0.396 e. The summed E-state index contributed by atoms with van der Waals surface area (Å²) in [5.41, 5.74) is 1.35. The van der Waals surface area contributed by atoms with Crippen molar-refractivity contribution in [1.82, 2.24) is 15.1 Å². The summed E-state index contributed by atoms with van der Waals surface area (Å²) in [6, 6.07) is 10.7. The molecule has 1 aromatic carbocycles. The van der Waals surface area contributed by atoms with Crippen LogP contribution in [0.15, 0.2) is 30.3 Å². The quantitative estimate of drug-likeness (QED) is 0.748. The molecule has 1 heterocycles. The van der Waals surface area contributed by atoms with Gasteiger partial charge in [-0.3, -0.25) is 14.6 Å². The highest BCUT2D eigenvalue weighted by Gasteiger charge is 2.32. The zero-order valence-corrected chi connectivity index (χ0v) is 14.4. The number of rotatable bonds is 8. The number of benzene rings is 1. The van der Waals surface area contributed by atoms with Crippen LogP contribution >= 0.6 is 0 Å². The van der Waals surface area contributed by atoms with E-state index >= 15 is 0 Å². The van der Waals surface area contributed by atoms with Crippen molar-refractivity contribution in [2.24, 2.45) is 5.92 Å². The maximum atomic E-state index is 12.3. The van der Waals surface area contributed by atoms with E-state index < -0.39 is 0 Å². The summed E-state index contributed by atoms with van der Waals surface area (Å²) in [7, 11) is 0. The Bertz CT molecular complexity index is 511. The number of aliphatic hydroxyl groups is 1. The number of carbonyl (C=O) groups excluding carboxylic acids is 1. The molecule has 5 nitrogen and oxygen atoms in total. The Morgan fingerprint density at radius 1 is 1.12 bits per heavy atom. The summed E-state index contributed by atoms with van der Waals surface area (Å²) < 4.78 is 0. The van der Waals surface area contributed by atoms with Crippen LogP contribution in [0, 0.1) is 5.92 Å². The van der Waals surface area contributed by atoms with Gasteiger partial charge in [0.05, 0.1) is 6.54 Å². The van der Waals surface area contributed by atoms with Crippen LogP contribution in [0.2, 0.25) is 0 Å². The number of carbonyl (C=O) groups is 1. The average molecular weight is 331 g/mol. The van der Waals surface area contributed by atoms with Crippen LogP contribution in [0.4, 0.5) is 0 Å². The Balaban J connectivity index is 1.37. The summed E-state index contributed by atoms with van der Waals surface area (Å²) in [5, 5.41) is 12.3. The molecule has 1 aromatic rings. The second kappa shape index (κ2) is 8.60. The lowest BCUT2D eigenvalue weighted by atomic mass is 10.1. The first-order valence-electron chi connectivity index (χ1n) is 9.13. The molecule has 0 bridgehead atoms. The Morgan fingerprint density at radius 3 is 2.42 bits per heavy atom. The zero-order chi connectivity index (χ0) is 16.8. The molecule has 132 valence electrons. The summed E-state index contributed by atoms with van der Waals surface area (Å²) >= 11 is 0. The van der Waals surface area contributed by atoms with Crippen molar-refractivity contribution < 1.29 is 9.90 Å². The van der Waals surface area contributed by atoms with Crippen LogP contribution in [0.25, 0.3) is 0 Å². The molecule has 5 heteroatoms. The van der Waals surface area contributed by atoms with Crippen LogP contribution in [0.1, 0.15) is 24.8 Å². The van der Waals surface area contributed by atoms with Gasteiger partial charge in [-0.15, -0.1) is 0 Å². The molecule has 1 saturated heterocycles. The second-order valence-electron chi connectivity index (χ2n) is 7.06. The molecule has 0 spiro atoms. The highest BCUT2D eigenvalue weighted by molar-refractivity contribution is 5.78. The van der Waals surface area contributed by atoms with Gasteiger partial charge in [0.2, 0.25) is 5.91 Å². The van der Waals surface area contributed by atoms with Crippen LogP contribution < -0.4 is 5.32 Å². The van der Waals surface area contributed by atoms with Gasteiger partial charge in [-0.1, -0.05) is 30.3 Å². The van der Waals surface area contributed by atoms with Crippen molar-refractivity contribution in [3.8, 4) is 0 Å². The molecule has 1 atom stereocenters. The fourth-order valence-corrected chi connectivity index (χ4v) is 3.47. The fourth-order valence-electron chi connectivity index (χ4n) is 3.47. The predicted octanol–water partition coefficient (Wildman–Crippen LogP) is 1.08. The average Bonchev–Trinajstić information content (AvgIpc) is 3.42. The third-order valence-electron chi connectivity index (χ3n) is 5.06. The van der Waals surface area contributed by atoms with Gasteiger partial charge >= 0.3 is 0 Å². The molecular formula is C19H29N3O2. The maximum absolute atomic E-state index is 12.3. The summed E-state index contributed by atoms with van der Waals surface area (Å²) in [6.45, 7) is 5.51. The van der Waals surface area contributed by atoms with Crippen molar-refractivity contribution in [2.75, 3.05) is 39.3 Å². The molecule has 1 aliphatic carbocycles. The van der Waals surface area contributed by atoms with Gasteiger partial charge in [0.1, 0.15) is 0 Å². The first-order valence-corrected chi connectivity index (χ1v) is 9.13. The zero-order valence-electron chi connectivity index (χ0n) is 14.4. The summed E-state index contributed by atoms with van der Waals surface area (Å²) in [6.07, 6.45) is 3.05. The monoisotopic (exact) mass is 331 g/mol. The Labute approximate surface area is 144 Å². The fraction of sp³-hybridized carbons (Fsp3) is 0.632. The Morgan fingerprint density at radius 2 is 1.79 bits per heavy atom. The molecule has 2 fully saturated rings. The van der Waals surface area contributed by atoms with Crippen LogP contribution in [-0.4, -0.2) is 66.2 Å². The van der Waals surface area contributed by atoms with Gasteiger partial charge < -0.3 is 10.4 Å². The lowest BCUT2D eigenvalue weighted by Crippen LogP contribution is -2.50. The summed E-state index contributed by atoms with van der Waals surface area (Å²) in [4.78, 5) is 16.9. The normalized spacial score (nSPS) is 20.7. The highest BCUT2D eigenvalue weighted by atomic mass is 16.3. The van der Waals surface area contributed by atoms with E-state index in [0.29, 0.717) is 18.9 Å². The lowest BCUT2D eigenvalue weighted by Gasteiger charge is -2.34. The lowest BCUT2D eigenvalue weighted by molar-refractivity contribution is -0.123. The molecular weight excluding hydrogens is 302 g/mol. The smallest absolute Gasteiger partial charge is 0.234 e. The molecule has 1 amide bonds. The molecule has 0 aromatic heterocycles. The second-order valence-corrected chi connectivity index (χ2v) is 7.06. The molecule has 1 aliphatic heterocycles. The van der Waals surface area contributed by atoms with E-state index in [0.717, 1.165) is 32.7 Å². The van der Waals surface area contributed by atoms with Crippen molar-refractivity contribution in [3.63, 3.8) is 0 Å². The number of amides is 1. The molecule has 1 saturated carbocycles. The molecule has 24 heavy (non-hydrogen) atoms. The van der Waals surface area contributed by atoms with Crippen molar-refractivity contribution in [2.45, 2.75) is 31.8 Å². The van der Waals surface area contributed by atoms with Gasteiger partial charge in [0, 0.05) is 45.4 Å². The van der Waals surface area contributed by atoms with E-state index in [1.165, 1.54) is 18.4 Å². The van der Waals surface area contributed by atoms with E-state index in [9.17, 15) is 4.79 Å². The van der Waals surface area contributed by atoms with Crippen LogP contribution in [-0.2, 0) is 11.3 Å². The minimum absolute atomic E-state index is 0.108. The van der Waals surface area contributed by atoms with E-state index in [2.05, 4.69) is 39.4 Å². The number of nitrogens with zero attached hydrogens (tertiary/aromatic N) is 2. The highest BCUT2D eigenvalue weighted by Crippen LogP contribution is 2.33. The van der Waals surface area contributed by atoms with Crippen LogP contribution in [0.5, 0.6) is 0 Å². The molecule has 0 radical (unpaired) electrons. The Hall–Kier alpha value is -1.43. The minimum atomic E-state index is 0.108. The third kappa shape index (κ3) is 5.30. The van der Waals surface area contributed by atoms with Gasteiger partial charge in [0.15, 0.2) is 0 Å². The molecule has 3 rings (SSSR count). The standard InChI is InChI=1S/C19H29N3O2/c23-13-8-18(17-6-7-17)20-19(24)15-22-11-9-21(10-12-22)14-16-4-2-1-3-5-16/h1-5,17-18,23H,6-15H2,(H,20,24). The number of hydrogen-bond acceptors (Lipinski definition) is 4. The number of aliphatic hydroxyl groups excluding tert-OH is 1. The molecule has 1 unspecified atom stereocenters. The van der Waals surface area contributed by atoms with Crippen LogP contribution in [0.3, 0.4) is 0 Å². The largest absolute Gasteiger partial charge is 0.396 e. The number of nitrogens with one attached hydrogen (secondary N) is 1. The van der Waals surface area contributed by atoms with E-state index in [-0.39, 0.29) is 18.6 Å². The van der Waals surface area contributed by atoms with Gasteiger partial charge in [-0.25, -0.2) is 0 Å². The Kier molecular flexibility index (Phi) is 6.24. The predicted molar refractivity (Wildman–Crippen MR) is 94.5 cm³/mol.